The molecule has 0 saturated carbocycles. The lowest BCUT2D eigenvalue weighted by Gasteiger charge is -2.23. The van der Waals surface area contributed by atoms with Crippen molar-refractivity contribution in [3.05, 3.63) is 53.3 Å². The van der Waals surface area contributed by atoms with Crippen LogP contribution in [0, 0.1) is 0 Å². The maximum absolute atomic E-state index is 10.8. The summed E-state index contributed by atoms with van der Waals surface area (Å²) in [6, 6.07) is 8.24. The number of aliphatic hydroxyl groups is 1. The average Bonchev–Trinajstić information content (AvgIpc) is 2.93. The molecule has 2 aromatic rings. The second-order valence-electron chi connectivity index (χ2n) is 5.21. The predicted octanol–water partition coefficient (Wildman–Crippen LogP) is 2.19. The molecule has 1 N–H and O–H groups in total. The van der Waals surface area contributed by atoms with E-state index in [0.29, 0.717) is 0 Å². The van der Waals surface area contributed by atoms with Gasteiger partial charge in [0.25, 0.3) is 0 Å². The van der Waals surface area contributed by atoms with Crippen molar-refractivity contribution < 1.29 is 5.11 Å². The highest BCUT2D eigenvalue weighted by Gasteiger charge is 2.35. The summed E-state index contributed by atoms with van der Waals surface area (Å²) in [5, 5.41) is 14.9. The second-order valence-corrected chi connectivity index (χ2v) is 5.21. The smallest absolute Gasteiger partial charge is 0.0905 e. The van der Waals surface area contributed by atoms with Crippen molar-refractivity contribution >= 4 is 0 Å². The number of aryl methyl sites for hydroxylation is 3. The van der Waals surface area contributed by atoms with E-state index in [1.165, 1.54) is 11.1 Å². The zero-order valence-electron chi connectivity index (χ0n) is 10.6. The van der Waals surface area contributed by atoms with Crippen LogP contribution in [0.3, 0.4) is 0 Å². The first kappa shape index (κ1) is 11.5. The molecule has 3 rings (SSSR count). The molecule has 1 aromatic carbocycles. The quantitative estimate of drug-likeness (QED) is 0.896. The van der Waals surface area contributed by atoms with Gasteiger partial charge in [0.1, 0.15) is 0 Å². The Morgan fingerprint density at radius 2 is 2.22 bits per heavy atom. The Hall–Kier alpha value is -1.61. The van der Waals surface area contributed by atoms with E-state index in [2.05, 4.69) is 17.2 Å². The van der Waals surface area contributed by atoms with Crippen LogP contribution >= 0.6 is 0 Å². The topological polar surface area (TPSA) is 38.0 Å². The minimum atomic E-state index is -0.646. The molecule has 0 spiro atoms. The molecule has 0 radical (unpaired) electrons. The van der Waals surface area contributed by atoms with Gasteiger partial charge in [0.2, 0.25) is 0 Å². The summed E-state index contributed by atoms with van der Waals surface area (Å²) < 4.78 is 1.81. The lowest BCUT2D eigenvalue weighted by Crippen LogP contribution is -2.22. The van der Waals surface area contributed by atoms with Crippen LogP contribution in [0.5, 0.6) is 0 Å². The van der Waals surface area contributed by atoms with Crippen molar-refractivity contribution in [2.45, 2.75) is 31.3 Å². The highest BCUT2D eigenvalue weighted by atomic mass is 16.3. The number of fused-ring (bicyclic) bond motifs is 1. The van der Waals surface area contributed by atoms with E-state index in [1.807, 2.05) is 36.3 Å². The van der Waals surface area contributed by atoms with Gasteiger partial charge in [-0.05, 0) is 42.4 Å². The maximum Gasteiger partial charge on any atom is 0.0905 e. The van der Waals surface area contributed by atoms with Crippen LogP contribution in [-0.2, 0) is 25.5 Å². The molecule has 1 aromatic heterocycles. The van der Waals surface area contributed by atoms with E-state index >= 15 is 0 Å². The van der Waals surface area contributed by atoms with Crippen LogP contribution < -0.4 is 0 Å². The molecule has 0 bridgehead atoms. The Labute approximate surface area is 107 Å². The molecule has 3 heteroatoms. The largest absolute Gasteiger partial charge is 0.385 e. The zero-order valence-corrected chi connectivity index (χ0v) is 10.6. The van der Waals surface area contributed by atoms with Crippen LogP contribution in [0.4, 0.5) is 0 Å². The first-order valence-electron chi connectivity index (χ1n) is 6.46. The van der Waals surface area contributed by atoms with E-state index in [1.54, 1.807) is 0 Å². The van der Waals surface area contributed by atoms with Crippen LogP contribution in [0.25, 0.3) is 0 Å². The minimum absolute atomic E-state index is 0.646. The fourth-order valence-corrected chi connectivity index (χ4v) is 2.88. The molecular weight excluding hydrogens is 224 g/mol. The second kappa shape index (κ2) is 4.25. The van der Waals surface area contributed by atoms with Gasteiger partial charge >= 0.3 is 0 Å². The fraction of sp³-hybridized carbons (Fsp3) is 0.400. The molecule has 1 heterocycles. The first-order chi connectivity index (χ1) is 8.67. The molecule has 1 atom stereocenters. The van der Waals surface area contributed by atoms with Crippen molar-refractivity contribution in [2.75, 3.05) is 0 Å². The van der Waals surface area contributed by atoms with E-state index in [-0.39, 0.29) is 0 Å². The van der Waals surface area contributed by atoms with E-state index < -0.39 is 5.60 Å². The summed E-state index contributed by atoms with van der Waals surface area (Å²) in [7, 11) is 1.92. The Kier molecular flexibility index (Phi) is 2.71. The summed E-state index contributed by atoms with van der Waals surface area (Å²) in [5.41, 5.74) is 2.96. The molecule has 1 aliphatic carbocycles. The van der Waals surface area contributed by atoms with Gasteiger partial charge < -0.3 is 5.11 Å². The standard InChI is InChI=1S/C15H18N2O/c1-17-11-12(10-16-17)6-8-15(18)9-7-13-4-2-3-5-14(13)15/h2-5,10-11,18H,6-9H2,1H3. The molecule has 0 aliphatic heterocycles. The van der Waals surface area contributed by atoms with Crippen LogP contribution in [0.2, 0.25) is 0 Å². The highest BCUT2D eigenvalue weighted by molar-refractivity contribution is 5.37. The van der Waals surface area contributed by atoms with Crippen molar-refractivity contribution in [2.24, 2.45) is 7.05 Å². The van der Waals surface area contributed by atoms with Gasteiger partial charge in [0, 0.05) is 13.2 Å². The van der Waals surface area contributed by atoms with Crippen LogP contribution in [-0.4, -0.2) is 14.9 Å². The number of rotatable bonds is 3. The summed E-state index contributed by atoms with van der Waals surface area (Å²) in [4.78, 5) is 0. The first-order valence-corrected chi connectivity index (χ1v) is 6.46. The third-order valence-corrected chi connectivity index (χ3v) is 3.91. The lowest BCUT2D eigenvalue weighted by atomic mass is 9.90. The summed E-state index contributed by atoms with van der Waals surface area (Å²) in [5.74, 6) is 0. The number of aromatic nitrogens is 2. The number of nitrogens with zero attached hydrogens (tertiary/aromatic N) is 2. The third-order valence-electron chi connectivity index (χ3n) is 3.91. The molecule has 0 saturated heterocycles. The van der Waals surface area contributed by atoms with Gasteiger partial charge in [-0.3, -0.25) is 4.68 Å². The third kappa shape index (κ3) is 1.95. The summed E-state index contributed by atoms with van der Waals surface area (Å²) in [6.45, 7) is 0. The molecule has 0 amide bonds. The van der Waals surface area contributed by atoms with E-state index in [4.69, 9.17) is 0 Å². The zero-order chi connectivity index (χ0) is 12.6. The molecule has 94 valence electrons. The predicted molar refractivity (Wildman–Crippen MR) is 70.2 cm³/mol. The monoisotopic (exact) mass is 242 g/mol. The van der Waals surface area contributed by atoms with Gasteiger partial charge in [-0.2, -0.15) is 5.10 Å². The van der Waals surface area contributed by atoms with Gasteiger partial charge in [-0.15, -0.1) is 0 Å². The minimum Gasteiger partial charge on any atom is -0.385 e. The summed E-state index contributed by atoms with van der Waals surface area (Å²) in [6.07, 6.45) is 7.37. The van der Waals surface area contributed by atoms with E-state index in [9.17, 15) is 5.11 Å². The van der Waals surface area contributed by atoms with E-state index in [0.717, 1.165) is 31.2 Å². The molecule has 3 nitrogen and oxygen atoms in total. The normalized spacial score (nSPS) is 22.1. The Morgan fingerprint density at radius 1 is 1.39 bits per heavy atom. The molecule has 1 aliphatic rings. The SMILES string of the molecule is Cn1cc(CCC2(O)CCc3ccccc32)cn1. The Balaban J connectivity index is 1.77. The number of hydrogen-bond donors (Lipinski definition) is 1. The molecule has 0 fully saturated rings. The van der Waals surface area contributed by atoms with Crippen molar-refractivity contribution in [3.8, 4) is 0 Å². The highest BCUT2D eigenvalue weighted by Crippen LogP contribution is 2.39. The fourth-order valence-electron chi connectivity index (χ4n) is 2.88. The Morgan fingerprint density at radius 3 is 3.00 bits per heavy atom. The van der Waals surface area contributed by atoms with Crippen LogP contribution in [0.1, 0.15) is 29.5 Å². The van der Waals surface area contributed by atoms with Gasteiger partial charge in [0.05, 0.1) is 11.8 Å². The van der Waals surface area contributed by atoms with Crippen molar-refractivity contribution in [3.63, 3.8) is 0 Å². The number of hydrogen-bond acceptors (Lipinski definition) is 2. The average molecular weight is 242 g/mol. The van der Waals surface area contributed by atoms with Gasteiger partial charge in [-0.1, -0.05) is 24.3 Å². The Bertz CT molecular complexity index is 561. The molecule has 1 unspecified atom stereocenters. The van der Waals surface area contributed by atoms with Gasteiger partial charge in [-0.25, -0.2) is 0 Å². The lowest BCUT2D eigenvalue weighted by molar-refractivity contribution is 0.0297. The van der Waals surface area contributed by atoms with Gasteiger partial charge in [0.15, 0.2) is 0 Å². The van der Waals surface area contributed by atoms with Crippen molar-refractivity contribution in [1.29, 1.82) is 0 Å². The molecule has 18 heavy (non-hydrogen) atoms. The maximum atomic E-state index is 10.8. The summed E-state index contributed by atoms with van der Waals surface area (Å²) >= 11 is 0. The van der Waals surface area contributed by atoms with Crippen LogP contribution in [0.15, 0.2) is 36.7 Å². The number of benzene rings is 1. The molecular formula is C15H18N2O. The van der Waals surface area contributed by atoms with Crippen molar-refractivity contribution in [1.82, 2.24) is 9.78 Å².